The molecule has 5 rings (SSSR count). The van der Waals surface area contributed by atoms with Crippen molar-refractivity contribution in [2.45, 2.75) is 38.9 Å². The van der Waals surface area contributed by atoms with Gasteiger partial charge >= 0.3 is 0 Å². The van der Waals surface area contributed by atoms with E-state index in [1.807, 2.05) is 48.1 Å². The summed E-state index contributed by atoms with van der Waals surface area (Å²) in [5.41, 5.74) is 3.48. The van der Waals surface area contributed by atoms with Crippen molar-refractivity contribution in [3.8, 4) is 0 Å². The van der Waals surface area contributed by atoms with Gasteiger partial charge in [0.2, 0.25) is 11.9 Å². The number of carbonyl (C=O) groups excluding carboxylic acids is 1. The minimum absolute atomic E-state index is 0.0350. The number of nitrogens with one attached hydrogen (secondary N) is 2. The molecule has 1 amide bonds. The van der Waals surface area contributed by atoms with Gasteiger partial charge in [0.1, 0.15) is 16.9 Å². The Balaban J connectivity index is 1.29. The topological polar surface area (TPSA) is 101 Å². The predicted octanol–water partition coefficient (Wildman–Crippen LogP) is 2.86. The van der Waals surface area contributed by atoms with Gasteiger partial charge in [-0.05, 0) is 43.4 Å². The Hall–Kier alpha value is -3.20. The van der Waals surface area contributed by atoms with E-state index in [1.165, 1.54) is 0 Å². The Morgan fingerprint density at radius 1 is 1.29 bits per heavy atom. The van der Waals surface area contributed by atoms with Crippen molar-refractivity contribution in [3.63, 3.8) is 0 Å². The first kappa shape index (κ1) is 19.7. The summed E-state index contributed by atoms with van der Waals surface area (Å²) >= 11 is 5.95. The van der Waals surface area contributed by atoms with Crippen molar-refractivity contribution in [1.82, 2.24) is 24.7 Å². The maximum Gasteiger partial charge on any atom is 0.247 e. The quantitative estimate of drug-likeness (QED) is 0.570. The Morgan fingerprint density at radius 3 is 2.90 bits per heavy atom. The molecule has 31 heavy (non-hydrogen) atoms. The lowest BCUT2D eigenvalue weighted by atomic mass is 10.1. The van der Waals surface area contributed by atoms with Gasteiger partial charge in [0.25, 0.3) is 0 Å². The Kier molecular flexibility index (Phi) is 4.97. The van der Waals surface area contributed by atoms with Gasteiger partial charge in [0.05, 0.1) is 18.4 Å². The van der Waals surface area contributed by atoms with Crippen LogP contribution >= 0.6 is 11.6 Å². The first-order valence-corrected chi connectivity index (χ1v) is 10.6. The van der Waals surface area contributed by atoms with Crippen molar-refractivity contribution in [3.05, 3.63) is 52.7 Å². The fraction of sp³-hybridized carbons (Fsp3) is 0.381. The summed E-state index contributed by atoms with van der Waals surface area (Å²) in [4.78, 5) is 27.7. The Labute approximate surface area is 184 Å². The van der Waals surface area contributed by atoms with Crippen molar-refractivity contribution >= 4 is 35.0 Å². The van der Waals surface area contributed by atoms with Gasteiger partial charge in [-0.3, -0.25) is 9.48 Å². The number of nitrogens with zero attached hydrogens (tertiary/aromatic N) is 6. The highest BCUT2D eigenvalue weighted by Gasteiger charge is 2.43. The molecule has 1 atom stereocenters. The number of anilines is 3. The summed E-state index contributed by atoms with van der Waals surface area (Å²) in [7, 11) is 1.94. The maximum absolute atomic E-state index is 12.5. The molecule has 0 saturated heterocycles. The summed E-state index contributed by atoms with van der Waals surface area (Å²) in [6.07, 6.45) is 7.65. The van der Waals surface area contributed by atoms with E-state index < -0.39 is 0 Å². The van der Waals surface area contributed by atoms with Crippen LogP contribution < -0.4 is 15.5 Å². The van der Waals surface area contributed by atoms with Gasteiger partial charge in [0.15, 0.2) is 5.82 Å². The predicted molar refractivity (Wildman–Crippen MR) is 118 cm³/mol. The van der Waals surface area contributed by atoms with Crippen LogP contribution in [0.2, 0.25) is 5.15 Å². The normalized spacial score (nSPS) is 18.0. The lowest BCUT2D eigenvalue weighted by Gasteiger charge is -2.35. The molecule has 1 aliphatic heterocycles. The fourth-order valence-corrected chi connectivity index (χ4v) is 4.18. The van der Waals surface area contributed by atoms with E-state index in [4.69, 9.17) is 11.6 Å². The third-order valence-corrected chi connectivity index (χ3v) is 5.89. The third kappa shape index (κ3) is 4.05. The minimum Gasteiger partial charge on any atom is -0.350 e. The number of halogens is 1. The number of hydrogen-bond acceptors (Lipinski definition) is 7. The Bertz CT molecular complexity index is 1140. The number of carbonyl (C=O) groups is 1. The Morgan fingerprint density at radius 2 is 2.13 bits per heavy atom. The molecule has 3 aromatic heterocycles. The fourth-order valence-electron chi connectivity index (χ4n) is 3.98. The molecule has 3 aromatic rings. The molecule has 10 heteroatoms. The average molecular weight is 439 g/mol. The van der Waals surface area contributed by atoms with Crippen LogP contribution in [0.5, 0.6) is 0 Å². The van der Waals surface area contributed by atoms with E-state index in [9.17, 15) is 4.79 Å². The molecule has 0 aromatic carbocycles. The second kappa shape index (κ2) is 7.81. The summed E-state index contributed by atoms with van der Waals surface area (Å²) in [6, 6.07) is 3.59. The van der Waals surface area contributed by atoms with Crippen LogP contribution in [0.15, 0.2) is 30.7 Å². The largest absolute Gasteiger partial charge is 0.350 e. The highest BCUT2D eigenvalue weighted by molar-refractivity contribution is 6.29. The molecule has 4 heterocycles. The zero-order valence-electron chi connectivity index (χ0n) is 17.3. The molecule has 0 radical (unpaired) electrons. The molecule has 0 spiro atoms. The van der Waals surface area contributed by atoms with Gasteiger partial charge < -0.3 is 15.5 Å². The average Bonchev–Trinajstić information content (AvgIpc) is 3.46. The first-order chi connectivity index (χ1) is 15.0. The number of fused-ring (bicyclic) bond motifs is 1. The van der Waals surface area contributed by atoms with Crippen molar-refractivity contribution < 1.29 is 4.79 Å². The van der Waals surface area contributed by atoms with Crippen molar-refractivity contribution in [2.24, 2.45) is 5.92 Å². The summed E-state index contributed by atoms with van der Waals surface area (Å²) in [6.45, 7) is 3.04. The van der Waals surface area contributed by atoms with Gasteiger partial charge in [0, 0.05) is 31.5 Å². The van der Waals surface area contributed by atoms with Gasteiger partial charge in [-0.2, -0.15) is 10.1 Å². The monoisotopic (exact) mass is 438 g/mol. The molecule has 1 unspecified atom stereocenters. The van der Waals surface area contributed by atoms with Gasteiger partial charge in [-0.15, -0.1) is 0 Å². The molecule has 1 aliphatic carbocycles. The van der Waals surface area contributed by atoms with Gasteiger partial charge in [-0.1, -0.05) is 11.6 Å². The minimum atomic E-state index is -0.158. The van der Waals surface area contributed by atoms with E-state index in [1.54, 1.807) is 6.20 Å². The molecule has 160 valence electrons. The summed E-state index contributed by atoms with van der Waals surface area (Å²) in [5, 5.41) is 11.2. The lowest BCUT2D eigenvalue weighted by Crippen LogP contribution is -2.48. The van der Waals surface area contributed by atoms with Crippen LogP contribution in [0.3, 0.4) is 0 Å². The second-order valence-electron chi connectivity index (χ2n) is 8.10. The van der Waals surface area contributed by atoms with E-state index in [2.05, 4.69) is 30.7 Å². The SMILES string of the molecule is Cc1nc(NCc2cnn(Cc3ccnc(Cl)c3)c2)nc2c1NC(=O)C(C1CC1)N2C. The molecule has 1 fully saturated rings. The molecule has 9 nitrogen and oxygen atoms in total. The van der Waals surface area contributed by atoms with Crippen LogP contribution in [-0.4, -0.2) is 43.7 Å². The van der Waals surface area contributed by atoms with Crippen LogP contribution in [-0.2, 0) is 17.9 Å². The summed E-state index contributed by atoms with van der Waals surface area (Å²) in [5.74, 6) is 1.73. The maximum atomic E-state index is 12.5. The van der Waals surface area contributed by atoms with Gasteiger partial charge in [-0.25, -0.2) is 9.97 Å². The lowest BCUT2D eigenvalue weighted by molar-refractivity contribution is -0.118. The van der Waals surface area contributed by atoms with E-state index in [-0.39, 0.29) is 11.9 Å². The van der Waals surface area contributed by atoms with E-state index in [0.717, 1.165) is 35.5 Å². The smallest absolute Gasteiger partial charge is 0.247 e. The number of pyridine rings is 1. The summed E-state index contributed by atoms with van der Waals surface area (Å²) < 4.78 is 1.85. The van der Waals surface area contributed by atoms with Crippen LogP contribution in [0.4, 0.5) is 17.5 Å². The molecule has 2 N–H and O–H groups in total. The molecular weight excluding hydrogens is 416 g/mol. The second-order valence-corrected chi connectivity index (χ2v) is 8.49. The number of aryl methyl sites for hydroxylation is 1. The number of aromatic nitrogens is 5. The number of amides is 1. The zero-order chi connectivity index (χ0) is 21.5. The zero-order valence-corrected chi connectivity index (χ0v) is 18.1. The number of rotatable bonds is 6. The first-order valence-electron chi connectivity index (χ1n) is 10.3. The highest BCUT2D eigenvalue weighted by atomic mass is 35.5. The molecule has 1 saturated carbocycles. The standard InChI is InChI=1S/C21H23ClN8O/c1-12-17-19(29(2)18(15-3-4-15)20(31)27-17)28-21(26-12)24-8-14-9-25-30(11-14)10-13-5-6-23-16(22)7-13/h5-7,9,11,15,18H,3-4,8,10H2,1-2H3,(H,27,31)(H,24,26,28). The highest BCUT2D eigenvalue weighted by Crippen LogP contribution is 2.41. The van der Waals surface area contributed by atoms with E-state index >= 15 is 0 Å². The third-order valence-electron chi connectivity index (χ3n) is 5.68. The number of likely N-dealkylation sites (N-methyl/N-ethyl adjacent to an activating group) is 1. The molecule has 2 aliphatic rings. The van der Waals surface area contributed by atoms with E-state index in [0.29, 0.717) is 35.8 Å². The molecular formula is C21H23ClN8O. The van der Waals surface area contributed by atoms with Crippen molar-refractivity contribution in [2.75, 3.05) is 22.6 Å². The number of hydrogen-bond donors (Lipinski definition) is 2. The van der Waals surface area contributed by atoms with Crippen LogP contribution in [0.25, 0.3) is 0 Å². The van der Waals surface area contributed by atoms with Crippen LogP contribution in [0.1, 0.15) is 29.7 Å². The molecule has 0 bridgehead atoms. The van der Waals surface area contributed by atoms with Crippen molar-refractivity contribution in [1.29, 1.82) is 0 Å². The van der Waals surface area contributed by atoms with Crippen LogP contribution in [0, 0.1) is 12.8 Å².